The van der Waals surface area contributed by atoms with Crippen LogP contribution >= 0.6 is 0 Å². The van der Waals surface area contributed by atoms with Crippen molar-refractivity contribution in [3.05, 3.63) is 83.7 Å². The molecule has 0 saturated carbocycles. The second-order valence-electron chi connectivity index (χ2n) is 6.34. The van der Waals surface area contributed by atoms with E-state index in [0.29, 0.717) is 37.0 Å². The summed E-state index contributed by atoms with van der Waals surface area (Å²) >= 11 is 0. The molecular formula is C21H21N7. The molecule has 0 aliphatic carbocycles. The molecule has 0 spiro atoms. The van der Waals surface area contributed by atoms with E-state index >= 15 is 0 Å². The minimum absolute atomic E-state index is 0.367. The summed E-state index contributed by atoms with van der Waals surface area (Å²) in [6.45, 7) is 1.31. The van der Waals surface area contributed by atoms with Crippen molar-refractivity contribution in [2.45, 2.75) is 19.6 Å². The molecule has 3 aromatic heterocycles. The first-order valence-corrected chi connectivity index (χ1v) is 9.08. The lowest BCUT2D eigenvalue weighted by Crippen LogP contribution is -2.06. The van der Waals surface area contributed by atoms with Gasteiger partial charge >= 0.3 is 0 Å². The Hall–Kier alpha value is -3.42. The molecule has 0 radical (unpaired) electrons. The third-order valence-corrected chi connectivity index (χ3v) is 4.34. The van der Waals surface area contributed by atoms with Crippen molar-refractivity contribution >= 4 is 0 Å². The molecule has 4 N–H and O–H groups in total. The zero-order valence-corrected chi connectivity index (χ0v) is 15.4. The van der Waals surface area contributed by atoms with Gasteiger partial charge in [0, 0.05) is 13.1 Å². The predicted molar refractivity (Wildman–Crippen MR) is 108 cm³/mol. The molecular weight excluding hydrogens is 350 g/mol. The second kappa shape index (κ2) is 8.08. The van der Waals surface area contributed by atoms with Crippen LogP contribution in [0.2, 0.25) is 0 Å². The quantitative estimate of drug-likeness (QED) is 0.539. The van der Waals surface area contributed by atoms with Crippen LogP contribution in [0, 0.1) is 0 Å². The van der Waals surface area contributed by atoms with Crippen molar-refractivity contribution in [2.75, 3.05) is 0 Å². The fourth-order valence-corrected chi connectivity index (χ4v) is 2.94. The number of benzene rings is 1. The van der Waals surface area contributed by atoms with Crippen molar-refractivity contribution in [1.29, 1.82) is 0 Å². The average molecular weight is 371 g/mol. The summed E-state index contributed by atoms with van der Waals surface area (Å²) in [6, 6.07) is 21.5. The molecule has 4 rings (SSSR count). The highest BCUT2D eigenvalue weighted by atomic mass is 15.4. The summed E-state index contributed by atoms with van der Waals surface area (Å²) in [5.74, 6) is 1.22. The first-order valence-electron chi connectivity index (χ1n) is 9.08. The van der Waals surface area contributed by atoms with Crippen molar-refractivity contribution < 1.29 is 0 Å². The van der Waals surface area contributed by atoms with Crippen LogP contribution in [0.25, 0.3) is 23.0 Å². The lowest BCUT2D eigenvalue weighted by molar-refractivity contribution is 0.692. The molecule has 0 saturated heterocycles. The normalized spacial score (nSPS) is 10.9. The molecule has 0 bridgehead atoms. The molecule has 3 heterocycles. The SMILES string of the molecule is NCc1cccc(-c2nc(-c3cccc(CN)n3)n(Cc3ccccc3)n2)n1. The summed E-state index contributed by atoms with van der Waals surface area (Å²) in [6.07, 6.45) is 0. The van der Waals surface area contributed by atoms with Gasteiger partial charge in [0.1, 0.15) is 11.4 Å². The van der Waals surface area contributed by atoms with E-state index in [1.165, 1.54) is 0 Å². The smallest absolute Gasteiger partial charge is 0.200 e. The topological polar surface area (TPSA) is 109 Å². The zero-order valence-electron chi connectivity index (χ0n) is 15.4. The van der Waals surface area contributed by atoms with Crippen LogP contribution < -0.4 is 11.5 Å². The number of hydrogen-bond acceptors (Lipinski definition) is 6. The third-order valence-electron chi connectivity index (χ3n) is 4.34. The molecule has 4 aromatic rings. The first-order chi connectivity index (χ1) is 13.8. The third kappa shape index (κ3) is 3.80. The fourth-order valence-electron chi connectivity index (χ4n) is 2.94. The molecule has 140 valence electrons. The number of nitrogens with two attached hydrogens (primary N) is 2. The lowest BCUT2D eigenvalue weighted by atomic mass is 10.2. The van der Waals surface area contributed by atoms with Gasteiger partial charge in [0.2, 0.25) is 0 Å². The second-order valence-corrected chi connectivity index (χ2v) is 6.34. The van der Waals surface area contributed by atoms with E-state index in [1.54, 1.807) is 0 Å². The fraction of sp³-hybridized carbons (Fsp3) is 0.143. The Kier molecular flexibility index (Phi) is 5.18. The van der Waals surface area contributed by atoms with Crippen LogP contribution in [-0.2, 0) is 19.6 Å². The van der Waals surface area contributed by atoms with E-state index in [-0.39, 0.29) is 0 Å². The molecule has 7 heteroatoms. The summed E-state index contributed by atoms with van der Waals surface area (Å²) in [7, 11) is 0. The highest BCUT2D eigenvalue weighted by Gasteiger charge is 2.16. The van der Waals surface area contributed by atoms with E-state index in [4.69, 9.17) is 21.5 Å². The van der Waals surface area contributed by atoms with Crippen LogP contribution in [0.4, 0.5) is 0 Å². The standard InChI is InChI=1S/C21H21N7/c22-12-16-8-4-10-18(24-16)20-26-21(19-11-5-9-17(13-23)25-19)28(27-20)14-15-6-2-1-3-7-15/h1-11H,12-14,22-23H2. The van der Waals surface area contributed by atoms with E-state index in [2.05, 4.69) is 22.1 Å². The van der Waals surface area contributed by atoms with Gasteiger partial charge in [-0.25, -0.2) is 19.6 Å². The summed E-state index contributed by atoms with van der Waals surface area (Å²) < 4.78 is 1.85. The minimum atomic E-state index is 0.367. The van der Waals surface area contributed by atoms with Gasteiger partial charge in [-0.05, 0) is 29.8 Å². The molecule has 7 nitrogen and oxygen atoms in total. The Morgan fingerprint density at radius 3 is 2.00 bits per heavy atom. The van der Waals surface area contributed by atoms with Crippen LogP contribution in [-0.4, -0.2) is 24.7 Å². The molecule has 1 aromatic carbocycles. The van der Waals surface area contributed by atoms with E-state index < -0.39 is 0 Å². The van der Waals surface area contributed by atoms with Gasteiger partial charge in [-0.2, -0.15) is 0 Å². The number of pyridine rings is 2. The molecule has 0 aliphatic rings. The van der Waals surface area contributed by atoms with Gasteiger partial charge in [-0.1, -0.05) is 42.5 Å². The van der Waals surface area contributed by atoms with Crippen LogP contribution in [0.15, 0.2) is 66.7 Å². The lowest BCUT2D eigenvalue weighted by Gasteiger charge is -2.06. The molecule has 0 fully saturated rings. The maximum Gasteiger partial charge on any atom is 0.200 e. The first kappa shape index (κ1) is 18.0. The van der Waals surface area contributed by atoms with Crippen molar-refractivity contribution in [2.24, 2.45) is 11.5 Å². The maximum absolute atomic E-state index is 5.76. The molecule has 0 aliphatic heterocycles. The van der Waals surface area contributed by atoms with Gasteiger partial charge in [-0.3, -0.25) is 0 Å². The minimum Gasteiger partial charge on any atom is -0.325 e. The molecule has 0 unspecified atom stereocenters. The Morgan fingerprint density at radius 2 is 1.32 bits per heavy atom. The van der Waals surface area contributed by atoms with Gasteiger partial charge in [0.15, 0.2) is 11.6 Å². The summed E-state index contributed by atoms with van der Waals surface area (Å²) in [5, 5.41) is 4.71. The summed E-state index contributed by atoms with van der Waals surface area (Å²) in [5.41, 5.74) is 15.6. The summed E-state index contributed by atoms with van der Waals surface area (Å²) in [4.78, 5) is 13.9. The van der Waals surface area contributed by atoms with Crippen molar-refractivity contribution in [3.8, 4) is 23.0 Å². The number of hydrogen-bond donors (Lipinski definition) is 2. The van der Waals surface area contributed by atoms with E-state index in [9.17, 15) is 0 Å². The highest BCUT2D eigenvalue weighted by Crippen LogP contribution is 2.21. The Morgan fingerprint density at radius 1 is 0.679 bits per heavy atom. The number of nitrogens with zero attached hydrogens (tertiary/aromatic N) is 5. The van der Waals surface area contributed by atoms with Gasteiger partial charge in [0.05, 0.1) is 17.9 Å². The van der Waals surface area contributed by atoms with Crippen LogP contribution in [0.1, 0.15) is 17.0 Å². The van der Waals surface area contributed by atoms with Crippen LogP contribution in [0.3, 0.4) is 0 Å². The maximum atomic E-state index is 5.76. The number of rotatable bonds is 6. The Labute approximate surface area is 163 Å². The van der Waals surface area contributed by atoms with Gasteiger partial charge < -0.3 is 11.5 Å². The van der Waals surface area contributed by atoms with Crippen molar-refractivity contribution in [1.82, 2.24) is 24.7 Å². The van der Waals surface area contributed by atoms with Gasteiger partial charge in [-0.15, -0.1) is 5.10 Å². The number of aromatic nitrogens is 5. The van der Waals surface area contributed by atoms with Crippen LogP contribution in [0.5, 0.6) is 0 Å². The molecule has 28 heavy (non-hydrogen) atoms. The monoisotopic (exact) mass is 371 g/mol. The highest BCUT2D eigenvalue weighted by molar-refractivity contribution is 5.57. The van der Waals surface area contributed by atoms with Crippen molar-refractivity contribution in [3.63, 3.8) is 0 Å². The Bertz CT molecular complexity index is 1070. The molecule has 0 amide bonds. The largest absolute Gasteiger partial charge is 0.325 e. The molecule has 0 atom stereocenters. The van der Waals surface area contributed by atoms with E-state index in [0.717, 1.165) is 22.6 Å². The predicted octanol–water partition coefficient (Wildman–Crippen LogP) is 2.37. The zero-order chi connectivity index (χ0) is 19.3. The Balaban J connectivity index is 1.81. The van der Waals surface area contributed by atoms with E-state index in [1.807, 2.05) is 59.3 Å². The van der Waals surface area contributed by atoms with Gasteiger partial charge in [0.25, 0.3) is 0 Å². The average Bonchev–Trinajstić information content (AvgIpc) is 3.18.